The summed E-state index contributed by atoms with van der Waals surface area (Å²) >= 11 is 0. The van der Waals surface area contributed by atoms with Crippen LogP contribution < -0.4 is 5.32 Å². The van der Waals surface area contributed by atoms with E-state index in [0.717, 1.165) is 51.5 Å². The van der Waals surface area contributed by atoms with E-state index in [4.69, 9.17) is 0 Å². The molecule has 0 bridgehead atoms. The third kappa shape index (κ3) is 6.66. The lowest BCUT2D eigenvalue weighted by Crippen LogP contribution is -2.59. The standard InChI is InChI=1S/C26H45N3O3/c1-17(2)23(16-19(5)20(6)30)28(7)26(32)24(21-12-8-9-13-21)27-25(31)22-14-10-11-15-29(22)18(3)4/h16-18,21-24H,8-15H2,1-7H3,(H,27,31)/b19-16+. The molecule has 3 unspecified atom stereocenters. The van der Waals surface area contributed by atoms with Crippen molar-refractivity contribution < 1.29 is 14.4 Å². The summed E-state index contributed by atoms with van der Waals surface area (Å²) in [4.78, 5) is 43.0. The molecule has 2 rings (SSSR count). The number of allylic oxidation sites excluding steroid dienone is 1. The molecule has 3 atom stereocenters. The summed E-state index contributed by atoms with van der Waals surface area (Å²) in [6.07, 6.45) is 9.07. The maximum atomic E-state index is 13.7. The average Bonchev–Trinajstić information content (AvgIpc) is 3.28. The number of rotatable bonds is 9. The van der Waals surface area contributed by atoms with Gasteiger partial charge in [-0.3, -0.25) is 19.3 Å². The second-order valence-electron chi connectivity index (χ2n) is 10.5. The van der Waals surface area contributed by atoms with Crippen LogP contribution in [0.4, 0.5) is 0 Å². The molecule has 182 valence electrons. The number of carbonyl (C=O) groups excluding carboxylic acids is 3. The predicted molar refractivity (Wildman–Crippen MR) is 129 cm³/mol. The van der Waals surface area contributed by atoms with Gasteiger partial charge in [-0.25, -0.2) is 0 Å². The SMILES string of the molecule is CC(=O)/C(C)=C/C(C(C)C)N(C)C(=O)C(NC(=O)C1CCCCN1C(C)C)C1CCCC1. The van der Waals surface area contributed by atoms with Gasteiger partial charge in [0.2, 0.25) is 11.8 Å². The normalized spacial score (nSPS) is 22.8. The second-order valence-corrected chi connectivity index (χ2v) is 10.5. The Labute approximate surface area is 195 Å². The van der Waals surface area contributed by atoms with Gasteiger partial charge in [-0.15, -0.1) is 0 Å². The number of amides is 2. The zero-order valence-electron chi connectivity index (χ0n) is 21.3. The quantitative estimate of drug-likeness (QED) is 0.544. The Hall–Kier alpha value is -1.69. The Balaban J connectivity index is 2.25. The van der Waals surface area contributed by atoms with Crippen molar-refractivity contribution in [1.29, 1.82) is 0 Å². The predicted octanol–water partition coefficient (Wildman–Crippen LogP) is 3.94. The summed E-state index contributed by atoms with van der Waals surface area (Å²) in [5.41, 5.74) is 0.666. The van der Waals surface area contributed by atoms with Crippen LogP contribution in [0.3, 0.4) is 0 Å². The Bertz CT molecular complexity index is 694. The Morgan fingerprint density at radius 2 is 1.56 bits per heavy atom. The molecule has 1 aliphatic heterocycles. The molecule has 1 heterocycles. The zero-order valence-corrected chi connectivity index (χ0v) is 21.3. The monoisotopic (exact) mass is 447 g/mol. The van der Waals surface area contributed by atoms with Gasteiger partial charge >= 0.3 is 0 Å². The van der Waals surface area contributed by atoms with Crippen LogP contribution >= 0.6 is 0 Å². The first kappa shape index (κ1) is 26.6. The fourth-order valence-electron chi connectivity index (χ4n) is 5.27. The van der Waals surface area contributed by atoms with Crippen molar-refractivity contribution in [2.45, 2.75) is 111 Å². The molecule has 6 heteroatoms. The summed E-state index contributed by atoms with van der Waals surface area (Å²) in [6, 6.07) is -0.543. The summed E-state index contributed by atoms with van der Waals surface area (Å²) in [5, 5.41) is 3.20. The van der Waals surface area contributed by atoms with Crippen LogP contribution in [0.2, 0.25) is 0 Å². The first-order chi connectivity index (χ1) is 15.0. The van der Waals surface area contributed by atoms with E-state index in [9.17, 15) is 14.4 Å². The van der Waals surface area contributed by atoms with Crippen molar-refractivity contribution in [3.8, 4) is 0 Å². The van der Waals surface area contributed by atoms with Gasteiger partial charge in [-0.2, -0.15) is 0 Å². The van der Waals surface area contributed by atoms with Gasteiger partial charge in [-0.1, -0.05) is 39.2 Å². The van der Waals surface area contributed by atoms with Crippen molar-refractivity contribution in [3.63, 3.8) is 0 Å². The molecule has 1 aliphatic carbocycles. The smallest absolute Gasteiger partial charge is 0.245 e. The third-order valence-corrected chi connectivity index (χ3v) is 7.40. The Morgan fingerprint density at radius 3 is 2.09 bits per heavy atom. The number of hydrogen-bond donors (Lipinski definition) is 1. The van der Waals surface area contributed by atoms with Crippen molar-refractivity contribution in [1.82, 2.24) is 15.1 Å². The number of piperidine rings is 1. The lowest BCUT2D eigenvalue weighted by atomic mass is 9.93. The molecular weight excluding hydrogens is 402 g/mol. The van der Waals surface area contributed by atoms with E-state index in [2.05, 4.69) is 37.9 Å². The highest BCUT2D eigenvalue weighted by Gasteiger charge is 2.38. The van der Waals surface area contributed by atoms with Gasteiger partial charge in [0.15, 0.2) is 5.78 Å². The number of Topliss-reactive ketones (excluding diaryl/α,β-unsaturated/α-hetero) is 1. The first-order valence-electron chi connectivity index (χ1n) is 12.6. The zero-order chi connectivity index (χ0) is 24.0. The molecule has 0 aromatic carbocycles. The van der Waals surface area contributed by atoms with Crippen molar-refractivity contribution in [2.75, 3.05) is 13.6 Å². The molecule has 0 spiro atoms. The van der Waals surface area contributed by atoms with Crippen LogP contribution in [0.15, 0.2) is 11.6 Å². The molecule has 2 aliphatic rings. The van der Waals surface area contributed by atoms with Gasteiger partial charge in [0.25, 0.3) is 0 Å². The number of ketones is 1. The number of likely N-dealkylation sites (N-methyl/N-ethyl adjacent to an activating group) is 1. The molecule has 0 aromatic rings. The minimum absolute atomic E-state index is 0.00592. The Kier molecular flexibility index (Phi) is 9.93. The van der Waals surface area contributed by atoms with Crippen molar-refractivity contribution in [3.05, 3.63) is 11.6 Å². The largest absolute Gasteiger partial charge is 0.343 e. The maximum absolute atomic E-state index is 13.7. The summed E-state index contributed by atoms with van der Waals surface area (Å²) in [5.74, 6) is 0.309. The highest BCUT2D eigenvalue weighted by atomic mass is 16.2. The highest BCUT2D eigenvalue weighted by Crippen LogP contribution is 2.30. The van der Waals surface area contributed by atoms with Crippen LogP contribution in [0.25, 0.3) is 0 Å². The van der Waals surface area contributed by atoms with Gasteiger partial charge in [0.1, 0.15) is 6.04 Å². The van der Waals surface area contributed by atoms with E-state index < -0.39 is 6.04 Å². The van der Waals surface area contributed by atoms with E-state index in [0.29, 0.717) is 11.6 Å². The molecule has 1 saturated carbocycles. The number of hydrogen-bond acceptors (Lipinski definition) is 4. The first-order valence-corrected chi connectivity index (χ1v) is 12.6. The molecule has 1 saturated heterocycles. The van der Waals surface area contributed by atoms with Gasteiger partial charge < -0.3 is 10.2 Å². The third-order valence-electron chi connectivity index (χ3n) is 7.40. The molecule has 2 amide bonds. The summed E-state index contributed by atoms with van der Waals surface area (Å²) in [6.45, 7) is 12.7. The van der Waals surface area contributed by atoms with Gasteiger partial charge in [0.05, 0.1) is 12.1 Å². The minimum Gasteiger partial charge on any atom is -0.343 e. The van der Waals surface area contributed by atoms with Crippen molar-refractivity contribution >= 4 is 17.6 Å². The molecule has 1 N–H and O–H groups in total. The molecule has 6 nitrogen and oxygen atoms in total. The second kappa shape index (κ2) is 12.0. The molecule has 2 fully saturated rings. The topological polar surface area (TPSA) is 69.7 Å². The fraction of sp³-hybridized carbons (Fsp3) is 0.808. The van der Waals surface area contributed by atoms with Crippen LogP contribution in [0.5, 0.6) is 0 Å². The highest BCUT2D eigenvalue weighted by molar-refractivity contribution is 5.93. The fourth-order valence-corrected chi connectivity index (χ4v) is 5.27. The van der Waals surface area contributed by atoms with Gasteiger partial charge in [-0.05, 0) is 77.3 Å². The van der Waals surface area contributed by atoms with E-state index in [1.165, 1.54) is 0 Å². The number of nitrogens with one attached hydrogen (secondary N) is 1. The maximum Gasteiger partial charge on any atom is 0.245 e. The van der Waals surface area contributed by atoms with E-state index in [1.807, 2.05) is 13.1 Å². The molecule has 0 aromatic heterocycles. The van der Waals surface area contributed by atoms with E-state index in [1.54, 1.807) is 18.7 Å². The minimum atomic E-state index is -0.502. The van der Waals surface area contributed by atoms with E-state index >= 15 is 0 Å². The van der Waals surface area contributed by atoms with E-state index in [-0.39, 0.29) is 41.5 Å². The number of likely N-dealkylation sites (tertiary alicyclic amines) is 1. The average molecular weight is 448 g/mol. The molecule has 0 radical (unpaired) electrons. The summed E-state index contributed by atoms with van der Waals surface area (Å²) < 4.78 is 0. The number of carbonyl (C=O) groups is 3. The van der Waals surface area contributed by atoms with Crippen LogP contribution in [0, 0.1) is 11.8 Å². The lowest BCUT2D eigenvalue weighted by Gasteiger charge is -2.39. The lowest BCUT2D eigenvalue weighted by molar-refractivity contribution is -0.140. The molecule has 32 heavy (non-hydrogen) atoms. The van der Waals surface area contributed by atoms with Crippen LogP contribution in [-0.2, 0) is 14.4 Å². The van der Waals surface area contributed by atoms with Crippen molar-refractivity contribution in [2.24, 2.45) is 11.8 Å². The van der Waals surface area contributed by atoms with Crippen LogP contribution in [-0.4, -0.2) is 65.2 Å². The molecular formula is C26H45N3O3. The summed E-state index contributed by atoms with van der Waals surface area (Å²) in [7, 11) is 1.81. The van der Waals surface area contributed by atoms with Crippen LogP contribution in [0.1, 0.15) is 86.5 Å². The number of nitrogens with zero attached hydrogens (tertiary/aromatic N) is 2. The van der Waals surface area contributed by atoms with Gasteiger partial charge in [0, 0.05) is 13.1 Å². The Morgan fingerprint density at radius 1 is 0.969 bits per heavy atom.